The van der Waals surface area contributed by atoms with Crippen LogP contribution in [-0.2, 0) is 23.8 Å². The Balaban J connectivity index is 2.14. The molecule has 0 bridgehead atoms. The number of rotatable bonds is 6. The normalized spacial score (nSPS) is 16.9. The van der Waals surface area contributed by atoms with Crippen molar-refractivity contribution < 1.29 is 23.8 Å². The van der Waals surface area contributed by atoms with E-state index in [9.17, 15) is 9.59 Å². The van der Waals surface area contributed by atoms with Crippen molar-refractivity contribution in [1.29, 1.82) is 0 Å². The average molecular weight is 299 g/mol. The molecule has 0 aromatic carbocycles. The third kappa shape index (κ3) is 9.20. The Bertz CT molecular complexity index is 367. The van der Waals surface area contributed by atoms with Gasteiger partial charge in [-0.05, 0) is 5.41 Å². The molecule has 0 amide bonds. The lowest BCUT2D eigenvalue weighted by atomic mass is 9.99. The van der Waals surface area contributed by atoms with Crippen molar-refractivity contribution in [2.24, 2.45) is 5.41 Å². The maximum absolute atomic E-state index is 11.4. The molecule has 120 valence electrons. The van der Waals surface area contributed by atoms with Gasteiger partial charge in [-0.25, -0.2) is 9.59 Å². The molecule has 0 N–H and O–H groups in total. The van der Waals surface area contributed by atoms with E-state index in [0.717, 1.165) is 25.2 Å². The largest absolute Gasteiger partial charge is 0.462 e. The highest BCUT2D eigenvalue weighted by molar-refractivity contribution is 5.91. The summed E-state index contributed by atoms with van der Waals surface area (Å²) in [6.45, 7) is 10.3. The van der Waals surface area contributed by atoms with Gasteiger partial charge < -0.3 is 14.2 Å². The van der Waals surface area contributed by atoms with Crippen LogP contribution in [0.25, 0.3) is 0 Å². The predicted molar refractivity (Wildman–Crippen MR) is 77.8 cm³/mol. The van der Waals surface area contributed by atoms with Gasteiger partial charge in [0.25, 0.3) is 0 Å². The van der Waals surface area contributed by atoms with Gasteiger partial charge in [-0.15, -0.1) is 0 Å². The number of hydrogen-bond acceptors (Lipinski definition) is 6. The molecule has 1 saturated heterocycles. The van der Waals surface area contributed by atoms with Gasteiger partial charge in [0.2, 0.25) is 0 Å². The first-order valence-corrected chi connectivity index (χ1v) is 7.18. The quantitative estimate of drug-likeness (QED) is 0.539. The third-order valence-corrected chi connectivity index (χ3v) is 2.76. The molecule has 1 heterocycles. The molecule has 6 heteroatoms. The monoisotopic (exact) mass is 299 g/mol. The van der Waals surface area contributed by atoms with Crippen LogP contribution in [0.3, 0.4) is 0 Å². The topological polar surface area (TPSA) is 65.1 Å². The van der Waals surface area contributed by atoms with Crippen LogP contribution in [0.1, 0.15) is 20.8 Å². The molecule has 0 aliphatic carbocycles. The Morgan fingerprint density at radius 2 is 1.67 bits per heavy atom. The van der Waals surface area contributed by atoms with E-state index in [2.05, 4.69) is 4.90 Å². The number of ether oxygens (including phenoxy) is 3. The van der Waals surface area contributed by atoms with Crippen LogP contribution in [0.5, 0.6) is 0 Å². The minimum absolute atomic E-state index is 0.0951. The lowest BCUT2D eigenvalue weighted by Crippen LogP contribution is -2.38. The van der Waals surface area contributed by atoms with E-state index in [4.69, 9.17) is 14.2 Å². The zero-order valence-electron chi connectivity index (χ0n) is 13.1. The number of morpholine rings is 1. The Labute approximate surface area is 126 Å². The summed E-state index contributed by atoms with van der Waals surface area (Å²) in [6, 6.07) is 0. The van der Waals surface area contributed by atoms with Gasteiger partial charge in [0.15, 0.2) is 0 Å². The zero-order chi connectivity index (χ0) is 15.7. The van der Waals surface area contributed by atoms with Gasteiger partial charge in [0, 0.05) is 31.8 Å². The Morgan fingerprint density at radius 1 is 1.10 bits per heavy atom. The molecule has 0 aromatic heterocycles. The second-order valence-electron chi connectivity index (χ2n) is 6.12. The maximum atomic E-state index is 11.4. The van der Waals surface area contributed by atoms with Gasteiger partial charge >= 0.3 is 11.9 Å². The smallest absolute Gasteiger partial charge is 0.331 e. The standard InChI is InChI=1S/C15H25NO5/c1-15(2,3)12-21-14(18)5-4-13(17)20-11-8-16-6-9-19-10-7-16/h4-5H,6-12H2,1-3H3/b5-4+. The number of hydrogen-bond donors (Lipinski definition) is 0. The van der Waals surface area contributed by atoms with Gasteiger partial charge in [0.05, 0.1) is 19.8 Å². The van der Waals surface area contributed by atoms with Gasteiger partial charge in [0.1, 0.15) is 6.61 Å². The van der Waals surface area contributed by atoms with E-state index in [-0.39, 0.29) is 5.41 Å². The molecule has 1 rings (SSSR count). The van der Waals surface area contributed by atoms with E-state index in [1.54, 1.807) is 0 Å². The van der Waals surface area contributed by atoms with E-state index < -0.39 is 11.9 Å². The number of carbonyl (C=O) groups excluding carboxylic acids is 2. The minimum Gasteiger partial charge on any atom is -0.462 e. The van der Waals surface area contributed by atoms with Gasteiger partial charge in [-0.1, -0.05) is 20.8 Å². The summed E-state index contributed by atoms with van der Waals surface area (Å²) in [5.41, 5.74) is -0.0951. The lowest BCUT2D eigenvalue weighted by Gasteiger charge is -2.25. The van der Waals surface area contributed by atoms with Crippen molar-refractivity contribution in [1.82, 2.24) is 4.90 Å². The summed E-state index contributed by atoms with van der Waals surface area (Å²) in [4.78, 5) is 25.0. The fraction of sp³-hybridized carbons (Fsp3) is 0.733. The van der Waals surface area contributed by atoms with Gasteiger partial charge in [-0.2, -0.15) is 0 Å². The predicted octanol–water partition coefficient (Wildman–Crippen LogP) is 1.01. The molecule has 21 heavy (non-hydrogen) atoms. The van der Waals surface area contributed by atoms with Crippen LogP contribution in [0.2, 0.25) is 0 Å². The number of esters is 2. The SMILES string of the molecule is CC(C)(C)COC(=O)/C=C/C(=O)OCCN1CCOCC1. The summed E-state index contributed by atoms with van der Waals surface area (Å²) in [5.74, 6) is -1.06. The first-order chi connectivity index (χ1) is 9.87. The summed E-state index contributed by atoms with van der Waals surface area (Å²) in [6.07, 6.45) is 2.20. The van der Waals surface area contributed by atoms with Crippen molar-refractivity contribution in [2.75, 3.05) is 46.1 Å². The molecular weight excluding hydrogens is 274 g/mol. The van der Waals surface area contributed by atoms with E-state index >= 15 is 0 Å². The van der Waals surface area contributed by atoms with Crippen molar-refractivity contribution in [2.45, 2.75) is 20.8 Å². The molecule has 0 spiro atoms. The van der Waals surface area contributed by atoms with Crippen LogP contribution in [0, 0.1) is 5.41 Å². The van der Waals surface area contributed by atoms with Crippen molar-refractivity contribution >= 4 is 11.9 Å². The molecule has 1 aliphatic rings. The maximum Gasteiger partial charge on any atom is 0.331 e. The lowest BCUT2D eigenvalue weighted by molar-refractivity contribution is -0.142. The average Bonchev–Trinajstić information content (AvgIpc) is 2.43. The van der Waals surface area contributed by atoms with Gasteiger partial charge in [-0.3, -0.25) is 4.90 Å². The van der Waals surface area contributed by atoms with Crippen molar-refractivity contribution in [3.63, 3.8) is 0 Å². The molecule has 0 unspecified atom stereocenters. The molecule has 0 radical (unpaired) electrons. The summed E-state index contributed by atoms with van der Waals surface area (Å²) in [5, 5.41) is 0. The molecule has 0 atom stereocenters. The Hall–Kier alpha value is -1.40. The van der Waals surface area contributed by atoms with E-state index in [1.807, 2.05) is 20.8 Å². The first kappa shape index (κ1) is 17.7. The molecule has 6 nitrogen and oxygen atoms in total. The van der Waals surface area contributed by atoms with Crippen LogP contribution >= 0.6 is 0 Å². The van der Waals surface area contributed by atoms with Crippen LogP contribution in [0.4, 0.5) is 0 Å². The van der Waals surface area contributed by atoms with Crippen molar-refractivity contribution in [3.05, 3.63) is 12.2 Å². The number of nitrogens with zero attached hydrogens (tertiary/aromatic N) is 1. The molecular formula is C15H25NO5. The number of carbonyl (C=O) groups is 2. The van der Waals surface area contributed by atoms with Crippen LogP contribution in [0.15, 0.2) is 12.2 Å². The fourth-order valence-corrected chi connectivity index (χ4v) is 1.62. The summed E-state index contributed by atoms with van der Waals surface area (Å²) >= 11 is 0. The fourth-order valence-electron chi connectivity index (χ4n) is 1.62. The summed E-state index contributed by atoms with van der Waals surface area (Å²) in [7, 11) is 0. The molecule has 1 aliphatic heterocycles. The Kier molecular flexibility index (Phi) is 7.39. The Morgan fingerprint density at radius 3 is 2.24 bits per heavy atom. The van der Waals surface area contributed by atoms with E-state index in [0.29, 0.717) is 33.0 Å². The first-order valence-electron chi connectivity index (χ1n) is 7.18. The highest BCUT2D eigenvalue weighted by Gasteiger charge is 2.13. The minimum atomic E-state index is -0.532. The molecule has 0 saturated carbocycles. The second kappa shape index (κ2) is 8.79. The zero-order valence-corrected chi connectivity index (χ0v) is 13.1. The summed E-state index contributed by atoms with van der Waals surface area (Å²) < 4.78 is 15.3. The van der Waals surface area contributed by atoms with Crippen molar-refractivity contribution in [3.8, 4) is 0 Å². The van der Waals surface area contributed by atoms with E-state index in [1.165, 1.54) is 0 Å². The molecule has 1 fully saturated rings. The third-order valence-electron chi connectivity index (χ3n) is 2.76. The highest BCUT2D eigenvalue weighted by atomic mass is 16.5. The van der Waals surface area contributed by atoms with Crippen LogP contribution in [-0.4, -0.2) is 62.9 Å². The van der Waals surface area contributed by atoms with Crippen LogP contribution < -0.4 is 0 Å². The highest BCUT2D eigenvalue weighted by Crippen LogP contribution is 2.12. The second-order valence-corrected chi connectivity index (χ2v) is 6.12. The molecule has 0 aromatic rings.